The number of hydrogen-bond acceptors (Lipinski definition) is 7. The molecule has 1 atom stereocenters. The highest BCUT2D eigenvalue weighted by Gasteiger charge is 2.46. The molecule has 0 radical (unpaired) electrons. The average Bonchev–Trinajstić information content (AvgIpc) is 2.75. The fraction of sp³-hybridized carbons (Fsp3) is 0.450. The van der Waals surface area contributed by atoms with Crippen molar-refractivity contribution in [3.8, 4) is 6.07 Å². The molecule has 2 heterocycles. The van der Waals surface area contributed by atoms with E-state index >= 15 is 0 Å². The van der Waals surface area contributed by atoms with Crippen molar-refractivity contribution in [2.45, 2.75) is 31.4 Å². The van der Waals surface area contributed by atoms with Crippen LogP contribution in [0.3, 0.4) is 0 Å². The van der Waals surface area contributed by atoms with Gasteiger partial charge in [0, 0.05) is 56.2 Å². The SMILES string of the molecule is CNC(=O)C(=O)N[C@@H](C)CN1CCC2(CC1)OC(=O)NN=C2c1cc(C#N)ccc1Cl. The number of benzene rings is 1. The van der Waals surface area contributed by atoms with Crippen molar-refractivity contribution in [3.05, 3.63) is 34.3 Å². The highest BCUT2D eigenvalue weighted by atomic mass is 35.5. The lowest BCUT2D eigenvalue weighted by atomic mass is 9.82. The van der Waals surface area contributed by atoms with E-state index in [9.17, 15) is 19.6 Å². The first-order valence-electron chi connectivity index (χ1n) is 9.80. The minimum Gasteiger partial charge on any atom is -0.435 e. The number of nitriles is 1. The maximum atomic E-state index is 12.0. The number of likely N-dealkylation sites (N-methyl/N-ethyl adjacent to an activating group) is 1. The topological polar surface area (TPSA) is 136 Å². The van der Waals surface area contributed by atoms with Gasteiger partial charge in [0.2, 0.25) is 0 Å². The molecule has 3 amide bonds. The highest BCUT2D eigenvalue weighted by Crippen LogP contribution is 2.35. The minimum absolute atomic E-state index is 0.246. The van der Waals surface area contributed by atoms with Crippen LogP contribution in [0.15, 0.2) is 23.3 Å². The van der Waals surface area contributed by atoms with Gasteiger partial charge in [-0.05, 0) is 25.1 Å². The van der Waals surface area contributed by atoms with E-state index in [2.05, 4.69) is 32.1 Å². The summed E-state index contributed by atoms with van der Waals surface area (Å²) in [6, 6.07) is 6.69. The summed E-state index contributed by atoms with van der Waals surface area (Å²) >= 11 is 6.37. The molecule has 10 nitrogen and oxygen atoms in total. The van der Waals surface area contributed by atoms with Crippen molar-refractivity contribution in [1.29, 1.82) is 5.26 Å². The van der Waals surface area contributed by atoms with Gasteiger partial charge in [0.15, 0.2) is 5.60 Å². The van der Waals surface area contributed by atoms with Gasteiger partial charge in [-0.25, -0.2) is 10.2 Å². The van der Waals surface area contributed by atoms with Gasteiger partial charge < -0.3 is 20.3 Å². The molecule has 0 unspecified atom stereocenters. The number of carbonyl (C=O) groups is 3. The minimum atomic E-state index is -0.967. The Kier molecular flexibility index (Phi) is 6.77. The molecule has 2 aliphatic rings. The Morgan fingerprint density at radius 1 is 1.39 bits per heavy atom. The predicted octanol–water partition coefficient (Wildman–Crippen LogP) is 0.741. The van der Waals surface area contributed by atoms with Crippen molar-refractivity contribution in [2.24, 2.45) is 5.10 Å². The van der Waals surface area contributed by atoms with E-state index < -0.39 is 23.5 Å². The molecular formula is C20H23ClN6O4. The van der Waals surface area contributed by atoms with Gasteiger partial charge in [-0.3, -0.25) is 9.59 Å². The number of amides is 3. The molecule has 0 aliphatic carbocycles. The lowest BCUT2D eigenvalue weighted by Gasteiger charge is -2.43. The quantitative estimate of drug-likeness (QED) is 0.583. The molecule has 0 bridgehead atoms. The standard InChI is InChI=1S/C20H23ClN6O4/c1-12(24-18(29)17(28)23-2)11-27-7-5-20(6-8-27)16(25-26-19(30)31-20)14-9-13(10-22)3-4-15(14)21/h3-4,9,12H,5-8,11H2,1-2H3,(H,23,28)(H,24,29)(H,26,30)/t12-/m0/s1. The third kappa shape index (κ3) is 4.95. The smallest absolute Gasteiger partial charge is 0.428 e. The van der Waals surface area contributed by atoms with Crippen LogP contribution in [-0.2, 0) is 14.3 Å². The zero-order valence-corrected chi connectivity index (χ0v) is 18.0. The molecule has 1 aromatic rings. The van der Waals surface area contributed by atoms with Crippen LogP contribution in [0.25, 0.3) is 0 Å². The van der Waals surface area contributed by atoms with Crippen LogP contribution in [0.2, 0.25) is 5.02 Å². The monoisotopic (exact) mass is 446 g/mol. The second kappa shape index (κ2) is 9.32. The van der Waals surface area contributed by atoms with E-state index in [0.29, 0.717) is 54.3 Å². The van der Waals surface area contributed by atoms with Gasteiger partial charge in [-0.15, -0.1) is 0 Å². The first-order valence-corrected chi connectivity index (χ1v) is 10.2. The maximum Gasteiger partial charge on any atom is 0.428 e. The Morgan fingerprint density at radius 3 is 2.74 bits per heavy atom. The van der Waals surface area contributed by atoms with E-state index in [0.717, 1.165) is 0 Å². The molecule has 3 N–H and O–H groups in total. The third-order valence-electron chi connectivity index (χ3n) is 5.34. The van der Waals surface area contributed by atoms with Crippen molar-refractivity contribution in [3.63, 3.8) is 0 Å². The highest BCUT2D eigenvalue weighted by molar-refractivity contribution is 6.35. The van der Waals surface area contributed by atoms with Crippen LogP contribution >= 0.6 is 11.6 Å². The van der Waals surface area contributed by atoms with E-state index in [4.69, 9.17) is 16.3 Å². The fourth-order valence-electron chi connectivity index (χ4n) is 3.81. The van der Waals surface area contributed by atoms with Crippen LogP contribution < -0.4 is 16.1 Å². The Labute approximate surface area is 184 Å². The molecule has 164 valence electrons. The second-order valence-electron chi connectivity index (χ2n) is 7.52. The summed E-state index contributed by atoms with van der Waals surface area (Å²) in [5.41, 5.74) is 2.81. The zero-order valence-electron chi connectivity index (χ0n) is 17.2. The largest absolute Gasteiger partial charge is 0.435 e. The summed E-state index contributed by atoms with van der Waals surface area (Å²) < 4.78 is 5.70. The number of hydrogen-bond donors (Lipinski definition) is 3. The van der Waals surface area contributed by atoms with E-state index in [1.807, 2.05) is 6.92 Å². The maximum absolute atomic E-state index is 12.0. The predicted molar refractivity (Wildman–Crippen MR) is 112 cm³/mol. The van der Waals surface area contributed by atoms with Crippen molar-refractivity contribution >= 4 is 35.2 Å². The molecule has 1 spiro atoms. The van der Waals surface area contributed by atoms with Gasteiger partial charge in [0.1, 0.15) is 5.71 Å². The third-order valence-corrected chi connectivity index (χ3v) is 5.67. The molecule has 11 heteroatoms. The Morgan fingerprint density at radius 2 is 2.10 bits per heavy atom. The molecule has 2 aliphatic heterocycles. The summed E-state index contributed by atoms with van der Waals surface area (Å²) in [7, 11) is 1.40. The van der Waals surface area contributed by atoms with Crippen molar-refractivity contribution in [2.75, 3.05) is 26.7 Å². The summed E-state index contributed by atoms with van der Waals surface area (Å²) in [4.78, 5) is 37.2. The summed E-state index contributed by atoms with van der Waals surface area (Å²) in [6.45, 7) is 3.49. The number of likely N-dealkylation sites (tertiary alicyclic amines) is 1. The van der Waals surface area contributed by atoms with Gasteiger partial charge in [0.25, 0.3) is 0 Å². The van der Waals surface area contributed by atoms with Gasteiger partial charge in [-0.1, -0.05) is 11.6 Å². The summed E-state index contributed by atoms with van der Waals surface area (Å²) in [5.74, 6) is -1.37. The number of carbonyl (C=O) groups excluding carboxylic acids is 3. The van der Waals surface area contributed by atoms with E-state index in [1.54, 1.807) is 18.2 Å². The average molecular weight is 447 g/mol. The molecule has 1 fully saturated rings. The molecule has 3 rings (SSSR count). The second-order valence-corrected chi connectivity index (χ2v) is 7.92. The van der Waals surface area contributed by atoms with Gasteiger partial charge in [0.05, 0.1) is 11.6 Å². The molecule has 0 aromatic heterocycles. The normalized spacial score (nSPS) is 18.8. The van der Waals surface area contributed by atoms with Crippen molar-refractivity contribution in [1.82, 2.24) is 21.0 Å². The summed E-state index contributed by atoms with van der Waals surface area (Å²) in [6.07, 6.45) is 0.279. The lowest BCUT2D eigenvalue weighted by molar-refractivity contribution is -0.139. The first-order chi connectivity index (χ1) is 14.8. The number of nitrogens with zero attached hydrogens (tertiary/aromatic N) is 3. The Bertz CT molecular complexity index is 965. The number of halogens is 1. The van der Waals surface area contributed by atoms with E-state index in [1.165, 1.54) is 7.05 Å². The molecule has 1 saturated heterocycles. The van der Waals surface area contributed by atoms with E-state index in [-0.39, 0.29) is 6.04 Å². The molecule has 1 aromatic carbocycles. The molecular weight excluding hydrogens is 424 g/mol. The number of rotatable bonds is 4. The zero-order chi connectivity index (χ0) is 22.6. The van der Waals surface area contributed by atoms with Gasteiger partial charge >= 0.3 is 17.9 Å². The number of piperidine rings is 1. The molecule has 0 saturated carbocycles. The number of hydrazone groups is 1. The number of nitrogens with one attached hydrogen (secondary N) is 3. The fourth-order valence-corrected chi connectivity index (χ4v) is 4.01. The summed E-state index contributed by atoms with van der Waals surface area (Å²) in [5, 5.41) is 18.8. The van der Waals surface area contributed by atoms with Crippen LogP contribution in [0.4, 0.5) is 4.79 Å². The van der Waals surface area contributed by atoms with Crippen LogP contribution in [-0.4, -0.2) is 66.8 Å². The van der Waals surface area contributed by atoms with Crippen LogP contribution in [0.1, 0.15) is 30.9 Å². The van der Waals surface area contributed by atoms with Gasteiger partial charge in [-0.2, -0.15) is 10.4 Å². The Hall–Kier alpha value is -3.16. The first kappa shape index (κ1) is 22.5. The molecule has 31 heavy (non-hydrogen) atoms. The van der Waals surface area contributed by atoms with Crippen molar-refractivity contribution < 1.29 is 19.1 Å². The lowest BCUT2D eigenvalue weighted by Crippen LogP contribution is -2.57. The van der Waals surface area contributed by atoms with Crippen LogP contribution in [0, 0.1) is 11.3 Å². The number of ether oxygens (including phenoxy) is 1. The van der Waals surface area contributed by atoms with Crippen LogP contribution in [0.5, 0.6) is 0 Å². The Balaban J connectivity index is 1.73.